The number of nitrogens with zero attached hydrogens (tertiary/aromatic N) is 3. The van der Waals surface area contributed by atoms with Gasteiger partial charge in [0, 0.05) is 11.1 Å². The van der Waals surface area contributed by atoms with E-state index in [0.717, 1.165) is 31.6 Å². The van der Waals surface area contributed by atoms with Crippen LogP contribution in [-0.4, -0.2) is 37.1 Å². The van der Waals surface area contributed by atoms with Crippen LogP contribution in [-0.2, 0) is 0 Å². The number of carbonyl (C=O) groups is 1. The van der Waals surface area contributed by atoms with Crippen molar-refractivity contribution in [1.29, 1.82) is 0 Å². The molecule has 0 unspecified atom stereocenters. The van der Waals surface area contributed by atoms with Crippen molar-refractivity contribution < 1.29 is 4.79 Å². The fraction of sp³-hybridized carbons (Fsp3) is 0.462. The number of fused-ring (bicyclic) bond motifs is 1. The van der Waals surface area contributed by atoms with Crippen molar-refractivity contribution in [3.8, 4) is 0 Å². The normalized spacial score (nSPS) is 21.0. The number of piperidine rings is 1. The molecule has 18 heavy (non-hydrogen) atoms. The summed E-state index contributed by atoms with van der Waals surface area (Å²) < 4.78 is 0. The maximum absolute atomic E-state index is 12.0. The number of likely N-dealkylation sites (tertiary alicyclic amines) is 1. The Bertz CT molecular complexity index is 483. The molecule has 0 aromatic heterocycles. The van der Waals surface area contributed by atoms with Crippen molar-refractivity contribution in [2.45, 2.75) is 18.9 Å². The lowest BCUT2D eigenvalue weighted by atomic mass is 10.0. The fourth-order valence-corrected chi connectivity index (χ4v) is 2.82. The predicted octanol–water partition coefficient (Wildman–Crippen LogP) is 2.61. The molecule has 0 saturated carbocycles. The van der Waals surface area contributed by atoms with Gasteiger partial charge in [0.25, 0.3) is 0 Å². The van der Waals surface area contributed by atoms with Crippen LogP contribution in [0.4, 0.5) is 16.2 Å². The average Bonchev–Trinajstić information content (AvgIpc) is 2.65. The van der Waals surface area contributed by atoms with Gasteiger partial charge in [0.05, 0.1) is 11.4 Å². The molecule has 4 nitrogen and oxygen atoms in total. The van der Waals surface area contributed by atoms with Crippen LogP contribution in [0.5, 0.6) is 0 Å². The van der Waals surface area contributed by atoms with Crippen LogP contribution in [0, 0.1) is 0 Å². The minimum atomic E-state index is -0.151. The van der Waals surface area contributed by atoms with Crippen molar-refractivity contribution in [2.24, 2.45) is 0 Å². The molecule has 0 spiro atoms. The fourth-order valence-electron chi connectivity index (χ4n) is 2.66. The molecule has 0 atom stereocenters. The topological polar surface area (TPSA) is 37.7 Å². The van der Waals surface area contributed by atoms with Gasteiger partial charge in [-0.25, -0.2) is 4.79 Å². The third-order valence-corrected chi connectivity index (χ3v) is 3.91. The van der Waals surface area contributed by atoms with Gasteiger partial charge in [-0.1, -0.05) is 11.6 Å². The molecular formula is C13H15ClN3O. The number of hydrogen-bond acceptors (Lipinski definition) is 2. The van der Waals surface area contributed by atoms with E-state index in [0.29, 0.717) is 10.7 Å². The first-order valence-electron chi connectivity index (χ1n) is 6.18. The monoisotopic (exact) mass is 264 g/mol. The molecule has 1 aromatic carbocycles. The summed E-state index contributed by atoms with van der Waals surface area (Å²) in [6, 6.07) is 5.58. The quantitative estimate of drug-likeness (QED) is 0.782. The van der Waals surface area contributed by atoms with Crippen molar-refractivity contribution >= 4 is 29.0 Å². The number of carbonyl (C=O) groups excluding carboxylic acids is 1. The summed E-state index contributed by atoms with van der Waals surface area (Å²) >= 11 is 5.93. The summed E-state index contributed by atoms with van der Waals surface area (Å²) in [6.07, 6.45) is 2.00. The Kier molecular flexibility index (Phi) is 2.92. The van der Waals surface area contributed by atoms with Crippen molar-refractivity contribution in [3.05, 3.63) is 23.2 Å². The van der Waals surface area contributed by atoms with Crippen LogP contribution in [0.15, 0.2) is 18.2 Å². The van der Waals surface area contributed by atoms with Crippen LogP contribution in [0.1, 0.15) is 12.8 Å². The number of rotatable bonds is 1. The van der Waals surface area contributed by atoms with E-state index in [-0.39, 0.29) is 12.1 Å². The summed E-state index contributed by atoms with van der Waals surface area (Å²) in [6.45, 7) is 2.05. The van der Waals surface area contributed by atoms with Gasteiger partial charge in [-0.2, -0.15) is 5.32 Å². The number of halogens is 1. The SMILES string of the molecule is CN1CCC(N2C(=O)[N]c3cc(Cl)ccc32)CC1. The first-order chi connectivity index (χ1) is 8.65. The molecule has 1 fully saturated rings. The van der Waals surface area contributed by atoms with Crippen LogP contribution in [0.25, 0.3) is 0 Å². The second kappa shape index (κ2) is 4.44. The van der Waals surface area contributed by atoms with Gasteiger partial charge in [-0.15, -0.1) is 0 Å². The maximum atomic E-state index is 12.0. The number of hydrogen-bond donors (Lipinski definition) is 0. The Morgan fingerprint density at radius 3 is 2.78 bits per heavy atom. The van der Waals surface area contributed by atoms with Gasteiger partial charge in [-0.05, 0) is 51.2 Å². The van der Waals surface area contributed by atoms with Gasteiger partial charge < -0.3 is 4.90 Å². The minimum Gasteiger partial charge on any atom is -0.306 e. The molecule has 1 aromatic rings. The standard InChI is InChI=1S/C13H15ClN3O/c1-16-6-4-10(5-7-16)17-12-3-2-9(14)8-11(12)15-13(17)18/h2-3,8,10H,4-7H2,1H3. The Balaban J connectivity index is 1.87. The van der Waals surface area contributed by atoms with Crippen LogP contribution >= 0.6 is 11.6 Å². The molecule has 1 radical (unpaired) electrons. The molecule has 2 aliphatic heterocycles. The van der Waals surface area contributed by atoms with Gasteiger partial charge in [0.1, 0.15) is 0 Å². The van der Waals surface area contributed by atoms with Crippen LogP contribution < -0.4 is 10.2 Å². The zero-order valence-corrected chi connectivity index (χ0v) is 11.0. The van der Waals surface area contributed by atoms with E-state index in [4.69, 9.17) is 11.6 Å². The highest BCUT2D eigenvalue weighted by molar-refractivity contribution is 6.31. The zero-order chi connectivity index (χ0) is 12.7. The highest BCUT2D eigenvalue weighted by atomic mass is 35.5. The third kappa shape index (κ3) is 1.95. The Morgan fingerprint density at radius 2 is 2.06 bits per heavy atom. The first-order valence-corrected chi connectivity index (χ1v) is 6.56. The second-order valence-corrected chi connectivity index (χ2v) is 5.37. The van der Waals surface area contributed by atoms with E-state index in [1.54, 1.807) is 6.07 Å². The molecule has 0 aliphatic carbocycles. The van der Waals surface area contributed by atoms with E-state index in [1.807, 2.05) is 17.0 Å². The Labute approximate surface area is 112 Å². The van der Waals surface area contributed by atoms with Gasteiger partial charge in [0.2, 0.25) is 0 Å². The summed E-state index contributed by atoms with van der Waals surface area (Å²) in [5.41, 5.74) is 1.60. The van der Waals surface area contributed by atoms with E-state index in [2.05, 4.69) is 17.3 Å². The molecule has 0 N–H and O–H groups in total. The number of urea groups is 1. The highest BCUT2D eigenvalue weighted by Gasteiger charge is 2.35. The summed E-state index contributed by atoms with van der Waals surface area (Å²) in [7, 11) is 2.11. The predicted molar refractivity (Wildman–Crippen MR) is 71.6 cm³/mol. The number of anilines is 1. The van der Waals surface area contributed by atoms with E-state index in [9.17, 15) is 4.79 Å². The van der Waals surface area contributed by atoms with Gasteiger partial charge in [0.15, 0.2) is 0 Å². The highest BCUT2D eigenvalue weighted by Crippen LogP contribution is 2.37. The zero-order valence-electron chi connectivity index (χ0n) is 10.3. The molecular weight excluding hydrogens is 250 g/mol. The lowest BCUT2D eigenvalue weighted by Crippen LogP contribution is -2.45. The Morgan fingerprint density at radius 1 is 1.33 bits per heavy atom. The molecule has 5 heteroatoms. The van der Waals surface area contributed by atoms with Crippen molar-refractivity contribution in [2.75, 3.05) is 25.0 Å². The third-order valence-electron chi connectivity index (χ3n) is 3.67. The Hall–Kier alpha value is -1.26. The second-order valence-electron chi connectivity index (χ2n) is 4.93. The maximum Gasteiger partial charge on any atom is 0.348 e. The summed E-state index contributed by atoms with van der Waals surface area (Å²) in [4.78, 5) is 16.1. The minimum absolute atomic E-state index is 0.151. The van der Waals surface area contributed by atoms with Gasteiger partial charge in [-0.3, -0.25) is 4.90 Å². The lowest BCUT2D eigenvalue weighted by Gasteiger charge is -2.34. The van der Waals surface area contributed by atoms with E-state index in [1.165, 1.54) is 0 Å². The number of benzene rings is 1. The van der Waals surface area contributed by atoms with Gasteiger partial charge >= 0.3 is 6.03 Å². The molecule has 1 saturated heterocycles. The van der Waals surface area contributed by atoms with Crippen molar-refractivity contribution in [3.63, 3.8) is 0 Å². The number of amides is 2. The molecule has 2 aliphatic rings. The molecule has 3 rings (SSSR count). The molecule has 0 bridgehead atoms. The average molecular weight is 265 g/mol. The smallest absolute Gasteiger partial charge is 0.306 e. The molecule has 2 heterocycles. The summed E-state index contributed by atoms with van der Waals surface area (Å²) in [5.74, 6) is 0. The molecule has 2 amide bonds. The lowest BCUT2D eigenvalue weighted by molar-refractivity contribution is 0.231. The largest absolute Gasteiger partial charge is 0.348 e. The molecule has 95 valence electrons. The summed E-state index contributed by atoms with van der Waals surface area (Å²) in [5, 5.41) is 4.70. The van der Waals surface area contributed by atoms with Crippen LogP contribution in [0.3, 0.4) is 0 Å². The van der Waals surface area contributed by atoms with Crippen molar-refractivity contribution in [1.82, 2.24) is 10.2 Å². The first kappa shape index (κ1) is 11.8. The van der Waals surface area contributed by atoms with E-state index < -0.39 is 0 Å². The van der Waals surface area contributed by atoms with E-state index >= 15 is 0 Å². The van der Waals surface area contributed by atoms with Crippen LogP contribution in [0.2, 0.25) is 5.02 Å².